The lowest BCUT2D eigenvalue weighted by Crippen LogP contribution is -2.47. The smallest absolute Gasteiger partial charge is 0.410 e. The number of carbonyl (C=O) groups is 1. The van der Waals surface area contributed by atoms with Crippen LogP contribution in [0.25, 0.3) is 0 Å². The lowest BCUT2D eigenvalue weighted by atomic mass is 9.91. The molecule has 1 amide bonds. The van der Waals surface area contributed by atoms with Crippen molar-refractivity contribution in [2.75, 3.05) is 13.1 Å². The Morgan fingerprint density at radius 3 is 2.88 bits per heavy atom. The van der Waals surface area contributed by atoms with E-state index in [2.05, 4.69) is 46.4 Å². The maximum atomic E-state index is 12.3. The van der Waals surface area contributed by atoms with Gasteiger partial charge in [-0.1, -0.05) is 28.1 Å². The van der Waals surface area contributed by atoms with E-state index in [1.54, 1.807) is 0 Å². The van der Waals surface area contributed by atoms with Gasteiger partial charge in [0, 0.05) is 30.1 Å². The average molecular weight is 397 g/mol. The number of likely N-dealkylation sites (tertiary alicyclic amines) is 1. The van der Waals surface area contributed by atoms with Gasteiger partial charge in [0.25, 0.3) is 0 Å². The fourth-order valence-electron chi connectivity index (χ4n) is 3.00. The van der Waals surface area contributed by atoms with Gasteiger partial charge < -0.3 is 15.0 Å². The zero-order valence-electron chi connectivity index (χ0n) is 15.1. The summed E-state index contributed by atoms with van der Waals surface area (Å²) in [6.07, 6.45) is 1.99. The Morgan fingerprint density at radius 1 is 1.46 bits per heavy atom. The monoisotopic (exact) mass is 396 g/mol. The van der Waals surface area contributed by atoms with Crippen molar-refractivity contribution in [3.05, 3.63) is 34.3 Å². The highest BCUT2D eigenvalue weighted by Gasteiger charge is 2.29. The maximum Gasteiger partial charge on any atom is 0.410 e. The van der Waals surface area contributed by atoms with Gasteiger partial charge in [0.05, 0.1) is 0 Å². The van der Waals surface area contributed by atoms with Crippen molar-refractivity contribution in [2.45, 2.75) is 58.7 Å². The second-order valence-electron chi connectivity index (χ2n) is 7.63. The van der Waals surface area contributed by atoms with E-state index in [-0.39, 0.29) is 6.09 Å². The van der Waals surface area contributed by atoms with Crippen LogP contribution in [0.1, 0.15) is 46.1 Å². The molecule has 1 saturated heterocycles. The molecule has 0 radical (unpaired) electrons. The SMILES string of the molecule is CC(NCc1cccc(Br)c1)C1CCCN(C(=O)OC(C)(C)C)C1. The quantitative estimate of drug-likeness (QED) is 0.809. The first-order chi connectivity index (χ1) is 11.2. The van der Waals surface area contributed by atoms with Gasteiger partial charge in [-0.05, 0) is 64.2 Å². The number of halogens is 1. The molecule has 1 N–H and O–H groups in total. The van der Waals surface area contributed by atoms with E-state index in [1.807, 2.05) is 31.7 Å². The van der Waals surface area contributed by atoms with Crippen molar-refractivity contribution in [3.63, 3.8) is 0 Å². The molecular weight excluding hydrogens is 368 g/mol. The normalized spacial score (nSPS) is 19.9. The molecule has 4 nitrogen and oxygen atoms in total. The first kappa shape index (κ1) is 19.3. The van der Waals surface area contributed by atoms with Gasteiger partial charge in [-0.3, -0.25) is 0 Å². The van der Waals surface area contributed by atoms with Crippen LogP contribution in [0.4, 0.5) is 4.79 Å². The molecule has 134 valence electrons. The van der Waals surface area contributed by atoms with Gasteiger partial charge in [0.1, 0.15) is 5.60 Å². The van der Waals surface area contributed by atoms with Crippen LogP contribution in [0.5, 0.6) is 0 Å². The van der Waals surface area contributed by atoms with E-state index in [0.29, 0.717) is 12.0 Å². The minimum Gasteiger partial charge on any atom is -0.444 e. The summed E-state index contributed by atoms with van der Waals surface area (Å²) in [7, 11) is 0. The Labute approximate surface area is 154 Å². The van der Waals surface area contributed by atoms with Crippen LogP contribution in [0.15, 0.2) is 28.7 Å². The zero-order valence-corrected chi connectivity index (χ0v) is 16.7. The van der Waals surface area contributed by atoms with E-state index < -0.39 is 5.60 Å². The first-order valence-corrected chi connectivity index (χ1v) is 9.49. The van der Waals surface area contributed by atoms with E-state index >= 15 is 0 Å². The van der Waals surface area contributed by atoms with Crippen LogP contribution < -0.4 is 5.32 Å². The molecule has 2 unspecified atom stereocenters. The molecule has 1 aliphatic rings. The summed E-state index contributed by atoms with van der Waals surface area (Å²) in [6, 6.07) is 8.70. The first-order valence-electron chi connectivity index (χ1n) is 8.70. The second-order valence-corrected chi connectivity index (χ2v) is 8.54. The molecule has 1 heterocycles. The van der Waals surface area contributed by atoms with E-state index in [0.717, 1.165) is 36.9 Å². The lowest BCUT2D eigenvalue weighted by molar-refractivity contribution is 0.0148. The van der Waals surface area contributed by atoms with Crippen LogP contribution in [-0.4, -0.2) is 35.7 Å². The number of carbonyl (C=O) groups excluding carboxylic acids is 1. The van der Waals surface area contributed by atoms with Crippen LogP contribution in [0.2, 0.25) is 0 Å². The van der Waals surface area contributed by atoms with Crippen LogP contribution >= 0.6 is 15.9 Å². The summed E-state index contributed by atoms with van der Waals surface area (Å²) in [6.45, 7) is 10.3. The largest absolute Gasteiger partial charge is 0.444 e. The van der Waals surface area contributed by atoms with Crippen LogP contribution in [-0.2, 0) is 11.3 Å². The fourth-order valence-corrected chi connectivity index (χ4v) is 3.45. The summed E-state index contributed by atoms with van der Waals surface area (Å²) in [5.41, 5.74) is 0.824. The molecule has 1 fully saturated rings. The van der Waals surface area contributed by atoms with Crippen molar-refractivity contribution < 1.29 is 9.53 Å². The topological polar surface area (TPSA) is 41.6 Å². The Bertz CT molecular complexity index is 557. The fraction of sp³-hybridized carbons (Fsp3) is 0.632. The van der Waals surface area contributed by atoms with E-state index in [4.69, 9.17) is 4.74 Å². The summed E-state index contributed by atoms with van der Waals surface area (Å²) in [4.78, 5) is 14.1. The molecule has 0 aromatic heterocycles. The molecule has 24 heavy (non-hydrogen) atoms. The summed E-state index contributed by atoms with van der Waals surface area (Å²) >= 11 is 3.51. The highest BCUT2D eigenvalue weighted by atomic mass is 79.9. The molecule has 1 aromatic carbocycles. The molecule has 0 aliphatic carbocycles. The van der Waals surface area contributed by atoms with E-state index in [9.17, 15) is 4.79 Å². The molecule has 2 rings (SSSR count). The summed E-state index contributed by atoms with van der Waals surface area (Å²) < 4.78 is 6.61. The van der Waals surface area contributed by atoms with Gasteiger partial charge >= 0.3 is 6.09 Å². The number of piperidine rings is 1. The number of ether oxygens (including phenoxy) is 1. The zero-order chi connectivity index (χ0) is 17.7. The number of benzene rings is 1. The van der Waals surface area contributed by atoms with Gasteiger partial charge in [-0.15, -0.1) is 0 Å². The Morgan fingerprint density at radius 2 is 2.21 bits per heavy atom. The van der Waals surface area contributed by atoms with Gasteiger partial charge in [-0.25, -0.2) is 4.79 Å². The van der Waals surface area contributed by atoms with Crippen molar-refractivity contribution in [3.8, 4) is 0 Å². The highest BCUT2D eigenvalue weighted by Crippen LogP contribution is 2.22. The standard InChI is InChI=1S/C19H29BrN2O2/c1-14(21-12-15-7-5-9-17(20)11-15)16-8-6-10-22(13-16)18(23)24-19(2,3)4/h5,7,9,11,14,16,21H,6,8,10,12-13H2,1-4H3. The molecular formula is C19H29BrN2O2. The molecule has 1 aromatic rings. The third-order valence-electron chi connectivity index (χ3n) is 4.33. The van der Waals surface area contributed by atoms with Gasteiger partial charge in [0.2, 0.25) is 0 Å². The Balaban J connectivity index is 1.85. The minimum absolute atomic E-state index is 0.189. The van der Waals surface area contributed by atoms with Gasteiger partial charge in [0.15, 0.2) is 0 Å². The molecule has 1 aliphatic heterocycles. The summed E-state index contributed by atoms with van der Waals surface area (Å²) in [5, 5.41) is 3.60. The van der Waals surface area contributed by atoms with Crippen molar-refractivity contribution in [1.29, 1.82) is 0 Å². The number of amides is 1. The van der Waals surface area contributed by atoms with Crippen molar-refractivity contribution >= 4 is 22.0 Å². The number of hydrogen-bond donors (Lipinski definition) is 1. The lowest BCUT2D eigenvalue weighted by Gasteiger charge is -2.36. The minimum atomic E-state index is -0.436. The van der Waals surface area contributed by atoms with Crippen LogP contribution in [0, 0.1) is 5.92 Å². The predicted octanol–water partition coefficient (Wildman–Crippen LogP) is 4.57. The molecule has 0 saturated carbocycles. The number of nitrogens with zero attached hydrogens (tertiary/aromatic N) is 1. The summed E-state index contributed by atoms with van der Waals surface area (Å²) in [5.74, 6) is 0.457. The van der Waals surface area contributed by atoms with Crippen LogP contribution in [0.3, 0.4) is 0 Å². The average Bonchev–Trinajstić information content (AvgIpc) is 2.51. The second kappa shape index (κ2) is 8.34. The number of hydrogen-bond acceptors (Lipinski definition) is 3. The third kappa shape index (κ3) is 6.10. The van der Waals surface area contributed by atoms with E-state index in [1.165, 1.54) is 5.56 Å². The third-order valence-corrected chi connectivity index (χ3v) is 4.83. The molecule has 0 bridgehead atoms. The Hall–Kier alpha value is -1.07. The highest BCUT2D eigenvalue weighted by molar-refractivity contribution is 9.10. The molecule has 0 spiro atoms. The predicted molar refractivity (Wildman–Crippen MR) is 101 cm³/mol. The van der Waals surface area contributed by atoms with Crippen molar-refractivity contribution in [1.82, 2.24) is 10.2 Å². The number of rotatable bonds is 4. The van der Waals surface area contributed by atoms with Gasteiger partial charge in [-0.2, -0.15) is 0 Å². The molecule has 2 atom stereocenters. The number of nitrogens with one attached hydrogen (secondary N) is 1. The van der Waals surface area contributed by atoms with Crippen molar-refractivity contribution in [2.24, 2.45) is 5.92 Å². The molecule has 5 heteroatoms. The maximum absolute atomic E-state index is 12.3. The Kier molecular flexibility index (Phi) is 6.70.